The highest BCUT2D eigenvalue weighted by atomic mass is 16.7. The Hall–Kier alpha value is -0.0800. The smallest absolute Gasteiger partial charge is 0.163 e. The maximum absolute atomic E-state index is 5.59. The van der Waals surface area contributed by atoms with Crippen LogP contribution in [0.1, 0.15) is 27.7 Å². The zero-order chi connectivity index (χ0) is 7.78. The number of ether oxygens (including phenoxy) is 2. The first kappa shape index (κ1) is 8.02. The lowest BCUT2D eigenvalue weighted by atomic mass is 10.1. The van der Waals surface area contributed by atoms with E-state index in [2.05, 4.69) is 13.8 Å². The van der Waals surface area contributed by atoms with Crippen LogP contribution in [0, 0.1) is 5.92 Å². The molecule has 1 saturated heterocycles. The maximum atomic E-state index is 5.59. The van der Waals surface area contributed by atoms with Crippen LogP contribution < -0.4 is 0 Å². The van der Waals surface area contributed by atoms with E-state index in [9.17, 15) is 0 Å². The van der Waals surface area contributed by atoms with E-state index in [4.69, 9.17) is 9.47 Å². The molecule has 0 saturated carbocycles. The minimum Gasteiger partial charge on any atom is -0.348 e. The van der Waals surface area contributed by atoms with Gasteiger partial charge in [0.1, 0.15) is 0 Å². The van der Waals surface area contributed by atoms with Gasteiger partial charge in [0.2, 0.25) is 0 Å². The van der Waals surface area contributed by atoms with Crippen LogP contribution in [0.25, 0.3) is 0 Å². The van der Waals surface area contributed by atoms with Gasteiger partial charge in [-0.2, -0.15) is 0 Å². The molecule has 1 heterocycles. The number of hydrogen-bond donors (Lipinski definition) is 0. The summed E-state index contributed by atoms with van der Waals surface area (Å²) in [4.78, 5) is 0. The summed E-state index contributed by atoms with van der Waals surface area (Å²) in [5.41, 5.74) is 0. The van der Waals surface area contributed by atoms with Crippen molar-refractivity contribution in [3.8, 4) is 0 Å². The molecule has 0 aliphatic carbocycles. The van der Waals surface area contributed by atoms with E-state index < -0.39 is 0 Å². The van der Waals surface area contributed by atoms with Crippen molar-refractivity contribution in [3.63, 3.8) is 0 Å². The van der Waals surface area contributed by atoms with E-state index in [1.807, 2.05) is 13.8 Å². The van der Waals surface area contributed by atoms with Gasteiger partial charge >= 0.3 is 0 Å². The van der Waals surface area contributed by atoms with Gasteiger partial charge in [-0.1, -0.05) is 13.8 Å². The van der Waals surface area contributed by atoms with E-state index in [0.717, 1.165) is 6.61 Å². The van der Waals surface area contributed by atoms with Gasteiger partial charge in [0.25, 0.3) is 0 Å². The van der Waals surface area contributed by atoms with Crippen molar-refractivity contribution in [1.29, 1.82) is 0 Å². The topological polar surface area (TPSA) is 18.5 Å². The second-order valence-corrected chi connectivity index (χ2v) is 3.61. The number of rotatable bonds is 1. The van der Waals surface area contributed by atoms with Gasteiger partial charge in [0.05, 0.1) is 12.7 Å². The lowest BCUT2D eigenvalue weighted by Gasteiger charge is -2.18. The minimum atomic E-state index is -0.352. The normalized spacial score (nSPS) is 31.5. The quantitative estimate of drug-likeness (QED) is 0.558. The molecule has 60 valence electrons. The average Bonchev–Trinajstić information content (AvgIpc) is 2.10. The molecule has 1 aliphatic heterocycles. The third kappa shape index (κ3) is 1.70. The zero-order valence-corrected chi connectivity index (χ0v) is 7.18. The fourth-order valence-corrected chi connectivity index (χ4v) is 1.04. The van der Waals surface area contributed by atoms with E-state index in [1.165, 1.54) is 0 Å². The second kappa shape index (κ2) is 2.51. The molecule has 0 bridgehead atoms. The van der Waals surface area contributed by atoms with E-state index in [1.54, 1.807) is 0 Å². The second-order valence-electron chi connectivity index (χ2n) is 3.61. The first-order valence-corrected chi connectivity index (χ1v) is 3.83. The number of hydrogen-bond acceptors (Lipinski definition) is 2. The van der Waals surface area contributed by atoms with Crippen LogP contribution >= 0.6 is 0 Å². The van der Waals surface area contributed by atoms with Gasteiger partial charge in [0.15, 0.2) is 5.79 Å². The van der Waals surface area contributed by atoms with Crippen LogP contribution in [-0.2, 0) is 9.47 Å². The Morgan fingerprint density at radius 3 is 2.20 bits per heavy atom. The SMILES string of the molecule is CC(C)C1COC(C)(C)O1. The molecule has 1 atom stereocenters. The largest absolute Gasteiger partial charge is 0.348 e. The molecule has 0 spiro atoms. The lowest BCUT2D eigenvalue weighted by Crippen LogP contribution is -2.23. The molecule has 1 rings (SSSR count). The lowest BCUT2D eigenvalue weighted by molar-refractivity contribution is -0.142. The monoisotopic (exact) mass is 144 g/mol. The van der Waals surface area contributed by atoms with E-state index >= 15 is 0 Å². The molecule has 0 aromatic rings. The summed E-state index contributed by atoms with van der Waals surface area (Å²) in [6, 6.07) is 0. The summed E-state index contributed by atoms with van der Waals surface area (Å²) in [7, 11) is 0. The molecular formula is C8H16O2. The molecule has 0 aromatic heterocycles. The van der Waals surface area contributed by atoms with Crippen LogP contribution in [0.2, 0.25) is 0 Å². The van der Waals surface area contributed by atoms with Crippen molar-refractivity contribution >= 4 is 0 Å². The Bertz CT molecular complexity index is 118. The van der Waals surface area contributed by atoms with Crippen LogP contribution in [0.15, 0.2) is 0 Å². The predicted molar refractivity (Wildman–Crippen MR) is 39.7 cm³/mol. The predicted octanol–water partition coefficient (Wildman–Crippen LogP) is 1.79. The Balaban J connectivity index is 2.43. The first-order chi connectivity index (χ1) is 4.51. The van der Waals surface area contributed by atoms with E-state index in [0.29, 0.717) is 5.92 Å². The fourth-order valence-electron chi connectivity index (χ4n) is 1.04. The van der Waals surface area contributed by atoms with Crippen LogP contribution in [-0.4, -0.2) is 18.5 Å². The molecule has 2 heteroatoms. The average molecular weight is 144 g/mol. The fraction of sp³-hybridized carbons (Fsp3) is 1.00. The van der Waals surface area contributed by atoms with E-state index in [-0.39, 0.29) is 11.9 Å². The molecule has 0 N–H and O–H groups in total. The highest BCUT2D eigenvalue weighted by Crippen LogP contribution is 2.25. The Labute approximate surface area is 62.5 Å². The molecule has 1 aliphatic rings. The molecule has 0 aromatic carbocycles. The summed E-state index contributed by atoms with van der Waals surface area (Å²) in [6.45, 7) is 8.94. The summed E-state index contributed by atoms with van der Waals surface area (Å²) < 4.78 is 11.0. The van der Waals surface area contributed by atoms with Gasteiger partial charge in [-0.05, 0) is 19.8 Å². The summed E-state index contributed by atoms with van der Waals surface area (Å²) >= 11 is 0. The highest BCUT2D eigenvalue weighted by molar-refractivity contribution is 4.72. The molecule has 1 unspecified atom stereocenters. The van der Waals surface area contributed by atoms with Crippen molar-refractivity contribution in [2.24, 2.45) is 5.92 Å². The van der Waals surface area contributed by atoms with Crippen molar-refractivity contribution in [2.45, 2.75) is 39.6 Å². The molecule has 0 radical (unpaired) electrons. The summed E-state index contributed by atoms with van der Waals surface area (Å²) in [5, 5.41) is 0. The van der Waals surface area contributed by atoms with Crippen LogP contribution in [0.3, 0.4) is 0 Å². The molecular weight excluding hydrogens is 128 g/mol. The third-order valence-electron chi connectivity index (χ3n) is 1.77. The highest BCUT2D eigenvalue weighted by Gasteiger charge is 2.33. The van der Waals surface area contributed by atoms with Crippen LogP contribution in [0.5, 0.6) is 0 Å². The van der Waals surface area contributed by atoms with Crippen molar-refractivity contribution in [3.05, 3.63) is 0 Å². The van der Waals surface area contributed by atoms with Gasteiger partial charge in [-0.3, -0.25) is 0 Å². The Kier molecular flexibility index (Phi) is 2.02. The van der Waals surface area contributed by atoms with Crippen molar-refractivity contribution in [1.82, 2.24) is 0 Å². The van der Waals surface area contributed by atoms with Crippen molar-refractivity contribution < 1.29 is 9.47 Å². The van der Waals surface area contributed by atoms with Crippen LogP contribution in [0.4, 0.5) is 0 Å². The van der Waals surface area contributed by atoms with Crippen molar-refractivity contribution in [2.75, 3.05) is 6.61 Å². The molecule has 1 fully saturated rings. The zero-order valence-electron chi connectivity index (χ0n) is 7.18. The third-order valence-corrected chi connectivity index (χ3v) is 1.77. The molecule has 0 amide bonds. The molecule has 2 nitrogen and oxygen atoms in total. The van der Waals surface area contributed by atoms with Gasteiger partial charge in [-0.15, -0.1) is 0 Å². The Morgan fingerprint density at radius 1 is 1.40 bits per heavy atom. The minimum absolute atomic E-state index is 0.287. The van der Waals surface area contributed by atoms with Gasteiger partial charge in [0, 0.05) is 0 Å². The molecule has 10 heavy (non-hydrogen) atoms. The maximum Gasteiger partial charge on any atom is 0.163 e. The van der Waals surface area contributed by atoms with Gasteiger partial charge in [-0.25, -0.2) is 0 Å². The standard InChI is InChI=1S/C8H16O2/c1-6(2)7-5-9-8(3,4)10-7/h6-7H,5H2,1-4H3. The Morgan fingerprint density at radius 2 is 2.00 bits per heavy atom. The van der Waals surface area contributed by atoms with Gasteiger partial charge < -0.3 is 9.47 Å². The first-order valence-electron chi connectivity index (χ1n) is 3.83. The summed E-state index contributed by atoms with van der Waals surface area (Å²) in [6.07, 6.45) is 0.287. The summed E-state index contributed by atoms with van der Waals surface area (Å²) in [5.74, 6) is 0.205.